The molecule has 0 aliphatic heterocycles. The molecule has 1 heterocycles. The van der Waals surface area contributed by atoms with E-state index in [1.807, 2.05) is 6.92 Å². The lowest BCUT2D eigenvalue weighted by molar-refractivity contribution is -0.138. The van der Waals surface area contributed by atoms with Gasteiger partial charge in [0.15, 0.2) is 0 Å². The number of aromatic nitrogens is 2. The normalized spacial score (nSPS) is 12.4. The fourth-order valence-corrected chi connectivity index (χ4v) is 2.96. The second-order valence-corrected chi connectivity index (χ2v) is 5.59. The van der Waals surface area contributed by atoms with Gasteiger partial charge in [-0.15, -0.1) is 0 Å². The average Bonchev–Trinajstić information content (AvgIpc) is 2.72. The molecule has 0 saturated carbocycles. The second-order valence-electron chi connectivity index (χ2n) is 4.80. The number of aryl methyl sites for hydroxylation is 2. The first-order chi connectivity index (χ1) is 9.95. The molecule has 0 radical (unpaired) electrons. The summed E-state index contributed by atoms with van der Waals surface area (Å²) in [4.78, 5) is 11.6. The maximum atomic E-state index is 11.6. The van der Waals surface area contributed by atoms with Crippen molar-refractivity contribution in [2.24, 2.45) is 7.05 Å². The third-order valence-electron chi connectivity index (χ3n) is 3.48. The summed E-state index contributed by atoms with van der Waals surface area (Å²) >= 11 is 12.4. The van der Waals surface area contributed by atoms with Gasteiger partial charge in [0, 0.05) is 18.5 Å². The first-order valence-electron chi connectivity index (χ1n) is 6.63. The van der Waals surface area contributed by atoms with Crippen LogP contribution in [-0.2, 0) is 24.7 Å². The zero-order chi connectivity index (χ0) is 15.6. The number of carbonyl (C=O) groups is 1. The number of aliphatic carboxylic acids is 1. The topological polar surface area (TPSA) is 55.1 Å². The Morgan fingerprint density at radius 2 is 2.05 bits per heavy atom. The highest BCUT2D eigenvalue weighted by Gasteiger charge is 2.26. The molecule has 0 aliphatic carbocycles. The number of nitrogens with zero attached hydrogens (tertiary/aromatic N) is 2. The highest BCUT2D eigenvalue weighted by atomic mass is 35.5. The van der Waals surface area contributed by atoms with Gasteiger partial charge in [0.2, 0.25) is 0 Å². The minimum atomic E-state index is -0.932. The molecule has 1 unspecified atom stereocenters. The van der Waals surface area contributed by atoms with Crippen molar-refractivity contribution in [2.45, 2.75) is 25.7 Å². The van der Waals surface area contributed by atoms with E-state index < -0.39 is 11.9 Å². The number of carboxylic acid groups (broad SMARTS) is 1. The van der Waals surface area contributed by atoms with Crippen LogP contribution in [0.3, 0.4) is 0 Å². The van der Waals surface area contributed by atoms with Crippen LogP contribution in [0.25, 0.3) is 0 Å². The smallest absolute Gasteiger partial charge is 0.311 e. The molecule has 1 atom stereocenters. The van der Waals surface area contributed by atoms with E-state index in [1.54, 1.807) is 36.0 Å². The summed E-state index contributed by atoms with van der Waals surface area (Å²) in [6, 6.07) is 6.97. The van der Waals surface area contributed by atoms with Crippen molar-refractivity contribution in [3.63, 3.8) is 0 Å². The Kier molecular flexibility index (Phi) is 4.91. The minimum Gasteiger partial charge on any atom is -0.481 e. The number of rotatable bonds is 5. The molecule has 2 aromatic rings. The maximum Gasteiger partial charge on any atom is 0.311 e. The molecule has 4 nitrogen and oxygen atoms in total. The molecule has 0 bridgehead atoms. The number of hydrogen-bond donors (Lipinski definition) is 1. The van der Waals surface area contributed by atoms with Gasteiger partial charge >= 0.3 is 5.97 Å². The van der Waals surface area contributed by atoms with Gasteiger partial charge in [-0.3, -0.25) is 9.48 Å². The van der Waals surface area contributed by atoms with Crippen LogP contribution in [0.4, 0.5) is 0 Å². The summed E-state index contributed by atoms with van der Waals surface area (Å²) in [6.07, 6.45) is 0.956. The Morgan fingerprint density at radius 1 is 1.38 bits per heavy atom. The standard InChI is InChI=1S/C15H16Cl2N2O2/c1-3-12-14(17)13(19(2)18-12)8-10(15(20)21)9-6-4-5-7-11(9)16/h4-7,10H,3,8H2,1-2H3,(H,20,21). The average molecular weight is 327 g/mol. The van der Waals surface area contributed by atoms with E-state index in [0.717, 1.165) is 5.69 Å². The largest absolute Gasteiger partial charge is 0.481 e. The number of halogens is 2. The predicted octanol–water partition coefficient (Wildman–Crippen LogP) is 3.70. The van der Waals surface area contributed by atoms with Gasteiger partial charge in [-0.2, -0.15) is 5.10 Å². The summed E-state index contributed by atoms with van der Waals surface area (Å²) in [5.74, 6) is -1.69. The third-order valence-corrected chi connectivity index (χ3v) is 4.26. The van der Waals surface area contributed by atoms with Gasteiger partial charge < -0.3 is 5.11 Å². The zero-order valence-electron chi connectivity index (χ0n) is 11.8. The van der Waals surface area contributed by atoms with Crippen molar-refractivity contribution in [3.05, 3.63) is 51.3 Å². The number of hydrogen-bond acceptors (Lipinski definition) is 2. The van der Waals surface area contributed by atoms with Gasteiger partial charge in [-0.25, -0.2) is 0 Å². The monoisotopic (exact) mass is 326 g/mol. The molecule has 6 heteroatoms. The van der Waals surface area contributed by atoms with E-state index in [1.165, 1.54) is 0 Å². The van der Waals surface area contributed by atoms with Gasteiger partial charge in [0.1, 0.15) is 0 Å². The molecule has 1 aromatic heterocycles. The molecular weight excluding hydrogens is 311 g/mol. The minimum absolute atomic E-state index is 0.251. The highest BCUT2D eigenvalue weighted by Crippen LogP contribution is 2.31. The third kappa shape index (κ3) is 3.22. The summed E-state index contributed by atoms with van der Waals surface area (Å²) in [6.45, 7) is 1.96. The molecule has 21 heavy (non-hydrogen) atoms. The molecule has 0 fully saturated rings. The van der Waals surface area contributed by atoms with Gasteiger partial charge in [0.25, 0.3) is 0 Å². The van der Waals surface area contributed by atoms with Crippen molar-refractivity contribution in [2.75, 3.05) is 0 Å². The number of benzene rings is 1. The Morgan fingerprint density at radius 3 is 2.57 bits per heavy atom. The molecule has 2 rings (SSSR count). The van der Waals surface area contributed by atoms with E-state index in [0.29, 0.717) is 27.7 Å². The van der Waals surface area contributed by atoms with Crippen LogP contribution >= 0.6 is 23.2 Å². The van der Waals surface area contributed by atoms with Crippen LogP contribution in [-0.4, -0.2) is 20.9 Å². The van der Waals surface area contributed by atoms with Crippen LogP contribution in [0, 0.1) is 0 Å². The van der Waals surface area contributed by atoms with Crippen LogP contribution in [0.2, 0.25) is 10.0 Å². The molecule has 112 valence electrons. The van der Waals surface area contributed by atoms with Crippen LogP contribution in [0.1, 0.15) is 29.8 Å². The zero-order valence-corrected chi connectivity index (χ0v) is 13.3. The Labute approximate surface area is 133 Å². The molecule has 0 spiro atoms. The van der Waals surface area contributed by atoms with Crippen molar-refractivity contribution in [1.82, 2.24) is 9.78 Å². The summed E-state index contributed by atoms with van der Waals surface area (Å²) in [5, 5.41) is 14.8. The lowest BCUT2D eigenvalue weighted by atomic mass is 9.94. The second kappa shape index (κ2) is 6.50. The fourth-order valence-electron chi connectivity index (χ4n) is 2.32. The quantitative estimate of drug-likeness (QED) is 0.911. The van der Waals surface area contributed by atoms with Crippen molar-refractivity contribution < 1.29 is 9.90 Å². The van der Waals surface area contributed by atoms with E-state index in [4.69, 9.17) is 23.2 Å². The van der Waals surface area contributed by atoms with E-state index >= 15 is 0 Å². The van der Waals surface area contributed by atoms with E-state index in [9.17, 15) is 9.90 Å². The first kappa shape index (κ1) is 15.9. The summed E-state index contributed by atoms with van der Waals surface area (Å²) in [7, 11) is 1.77. The molecular formula is C15H16Cl2N2O2. The lowest BCUT2D eigenvalue weighted by Crippen LogP contribution is -2.17. The van der Waals surface area contributed by atoms with E-state index in [2.05, 4.69) is 5.10 Å². The van der Waals surface area contributed by atoms with Crippen molar-refractivity contribution >= 4 is 29.2 Å². The van der Waals surface area contributed by atoms with Crippen molar-refractivity contribution in [3.8, 4) is 0 Å². The van der Waals surface area contributed by atoms with Crippen molar-refractivity contribution in [1.29, 1.82) is 0 Å². The van der Waals surface area contributed by atoms with Gasteiger partial charge in [-0.1, -0.05) is 48.3 Å². The molecule has 0 amide bonds. The predicted molar refractivity (Wildman–Crippen MR) is 83.1 cm³/mol. The molecule has 0 saturated heterocycles. The maximum absolute atomic E-state index is 11.6. The van der Waals surface area contributed by atoms with Gasteiger partial charge in [-0.05, 0) is 18.1 Å². The molecule has 1 aromatic carbocycles. The SMILES string of the molecule is CCc1nn(C)c(CC(C(=O)O)c2ccccc2Cl)c1Cl. The number of carboxylic acids is 1. The summed E-state index contributed by atoms with van der Waals surface area (Å²) in [5.41, 5.74) is 2.07. The highest BCUT2D eigenvalue weighted by molar-refractivity contribution is 6.32. The Hall–Kier alpha value is -1.52. The van der Waals surface area contributed by atoms with E-state index in [-0.39, 0.29) is 6.42 Å². The first-order valence-corrected chi connectivity index (χ1v) is 7.38. The Bertz CT molecular complexity index is 668. The van der Waals surface area contributed by atoms with Crippen LogP contribution in [0.15, 0.2) is 24.3 Å². The van der Waals surface area contributed by atoms with Crippen LogP contribution < -0.4 is 0 Å². The molecule has 1 N–H and O–H groups in total. The fraction of sp³-hybridized carbons (Fsp3) is 0.333. The summed E-state index contributed by atoms with van der Waals surface area (Å²) < 4.78 is 1.65. The van der Waals surface area contributed by atoms with Crippen LogP contribution in [0.5, 0.6) is 0 Å². The Balaban J connectivity index is 2.41. The molecule has 0 aliphatic rings. The lowest BCUT2D eigenvalue weighted by Gasteiger charge is -2.14. The van der Waals surface area contributed by atoms with Gasteiger partial charge in [0.05, 0.1) is 22.3 Å².